The maximum Gasteiger partial charge on any atom is 0.305 e. The van der Waals surface area contributed by atoms with Gasteiger partial charge >= 0.3 is 5.97 Å². The van der Waals surface area contributed by atoms with E-state index in [1.807, 2.05) is 0 Å². The van der Waals surface area contributed by atoms with Gasteiger partial charge in [0.15, 0.2) is 0 Å². The van der Waals surface area contributed by atoms with Crippen LogP contribution in [0.15, 0.2) is 0 Å². The number of aliphatic carboxylic acids is 1. The highest BCUT2D eigenvalue weighted by molar-refractivity contribution is 5.76. The van der Waals surface area contributed by atoms with Crippen LogP contribution in [0.4, 0.5) is 0 Å². The van der Waals surface area contributed by atoms with Crippen molar-refractivity contribution >= 4 is 11.9 Å². The molecule has 0 fully saturated rings. The maximum absolute atomic E-state index is 11.4. The van der Waals surface area contributed by atoms with E-state index in [0.717, 1.165) is 0 Å². The number of nitrogens with zero attached hydrogens (tertiary/aromatic N) is 1. The summed E-state index contributed by atoms with van der Waals surface area (Å²) < 4.78 is 5.02. The van der Waals surface area contributed by atoms with E-state index in [2.05, 4.69) is 0 Å². The van der Waals surface area contributed by atoms with Crippen LogP contribution in [0.2, 0.25) is 0 Å². The molecular weight excluding hydrogens is 214 g/mol. The molecule has 94 valence electrons. The predicted octanol–water partition coefficient (Wildman–Crippen LogP) is -0.291. The van der Waals surface area contributed by atoms with E-state index < -0.39 is 5.97 Å². The van der Waals surface area contributed by atoms with Gasteiger partial charge in [0, 0.05) is 19.5 Å². The van der Waals surface area contributed by atoms with Crippen LogP contribution in [0, 0.1) is 0 Å². The number of amides is 1. The Morgan fingerprint density at radius 3 is 2.44 bits per heavy atom. The number of ether oxygens (including phenoxy) is 1. The highest BCUT2D eigenvalue weighted by Crippen LogP contribution is 1.97. The maximum atomic E-state index is 11.4. The Bertz CT molecular complexity index is 219. The third-order valence-corrected chi connectivity index (χ3v) is 1.99. The SMILES string of the molecule is CCC(=O)N(CCOCCO)CCC(=O)O. The minimum Gasteiger partial charge on any atom is -0.481 e. The molecule has 6 nitrogen and oxygen atoms in total. The third kappa shape index (κ3) is 7.19. The lowest BCUT2D eigenvalue weighted by atomic mass is 10.3. The normalized spacial score (nSPS) is 10.1. The Hall–Kier alpha value is -1.14. The van der Waals surface area contributed by atoms with Crippen molar-refractivity contribution in [3.8, 4) is 0 Å². The van der Waals surface area contributed by atoms with Crippen molar-refractivity contribution in [1.82, 2.24) is 4.90 Å². The summed E-state index contributed by atoms with van der Waals surface area (Å²) in [5, 5.41) is 17.0. The summed E-state index contributed by atoms with van der Waals surface area (Å²) in [6.45, 7) is 2.77. The van der Waals surface area contributed by atoms with Crippen LogP contribution in [0.3, 0.4) is 0 Å². The second-order valence-corrected chi connectivity index (χ2v) is 3.21. The van der Waals surface area contributed by atoms with Gasteiger partial charge in [0.2, 0.25) is 5.91 Å². The molecule has 0 aromatic carbocycles. The van der Waals surface area contributed by atoms with Gasteiger partial charge in [0.05, 0.1) is 26.2 Å². The lowest BCUT2D eigenvalue weighted by Gasteiger charge is -2.21. The minimum absolute atomic E-state index is 0.0587. The summed E-state index contributed by atoms with van der Waals surface area (Å²) in [6, 6.07) is 0. The van der Waals surface area contributed by atoms with E-state index in [-0.39, 0.29) is 32.1 Å². The number of aliphatic hydroxyl groups is 1. The molecule has 0 spiro atoms. The van der Waals surface area contributed by atoms with E-state index in [9.17, 15) is 9.59 Å². The number of rotatable bonds is 9. The first-order chi connectivity index (χ1) is 7.61. The summed E-state index contributed by atoms with van der Waals surface area (Å²) >= 11 is 0. The van der Waals surface area contributed by atoms with Crippen molar-refractivity contribution < 1.29 is 24.5 Å². The molecule has 6 heteroatoms. The topological polar surface area (TPSA) is 87.1 Å². The molecule has 16 heavy (non-hydrogen) atoms. The molecule has 2 N–H and O–H groups in total. The molecule has 0 rings (SSSR count). The van der Waals surface area contributed by atoms with Crippen molar-refractivity contribution in [1.29, 1.82) is 0 Å². The minimum atomic E-state index is -0.926. The van der Waals surface area contributed by atoms with Gasteiger partial charge in [-0.15, -0.1) is 0 Å². The van der Waals surface area contributed by atoms with Crippen LogP contribution in [0.1, 0.15) is 19.8 Å². The fourth-order valence-electron chi connectivity index (χ4n) is 1.16. The molecule has 0 aliphatic rings. The highest BCUT2D eigenvalue weighted by atomic mass is 16.5. The molecule has 0 radical (unpaired) electrons. The van der Waals surface area contributed by atoms with Gasteiger partial charge < -0.3 is 19.8 Å². The predicted molar refractivity (Wildman–Crippen MR) is 57.0 cm³/mol. The van der Waals surface area contributed by atoms with Crippen LogP contribution < -0.4 is 0 Å². The molecule has 0 bridgehead atoms. The van der Waals surface area contributed by atoms with Gasteiger partial charge in [0.25, 0.3) is 0 Å². The van der Waals surface area contributed by atoms with Crippen molar-refractivity contribution in [2.75, 3.05) is 32.9 Å². The molecule has 0 aliphatic carbocycles. The molecule has 0 unspecified atom stereocenters. The van der Waals surface area contributed by atoms with Crippen molar-refractivity contribution in [2.24, 2.45) is 0 Å². The molecule has 1 amide bonds. The summed E-state index contributed by atoms with van der Waals surface area (Å²) in [5.74, 6) is -1.01. The van der Waals surface area contributed by atoms with Gasteiger partial charge in [-0.3, -0.25) is 9.59 Å². The van der Waals surface area contributed by atoms with Crippen LogP contribution in [0.5, 0.6) is 0 Å². The second kappa shape index (κ2) is 9.11. The Morgan fingerprint density at radius 2 is 1.94 bits per heavy atom. The molecule has 0 atom stereocenters. The molecule has 0 saturated carbocycles. The van der Waals surface area contributed by atoms with Crippen LogP contribution in [-0.2, 0) is 14.3 Å². The summed E-state index contributed by atoms with van der Waals surface area (Å²) in [4.78, 5) is 23.3. The first-order valence-electron chi connectivity index (χ1n) is 5.30. The van der Waals surface area contributed by atoms with Crippen LogP contribution in [-0.4, -0.2) is 59.9 Å². The molecule has 0 heterocycles. The lowest BCUT2D eigenvalue weighted by molar-refractivity contribution is -0.138. The molecule has 0 aromatic rings. The Balaban J connectivity index is 3.90. The summed E-state index contributed by atoms with van der Waals surface area (Å²) in [5.41, 5.74) is 0. The van der Waals surface area contributed by atoms with Crippen LogP contribution in [0.25, 0.3) is 0 Å². The molecule has 0 saturated heterocycles. The second-order valence-electron chi connectivity index (χ2n) is 3.21. The van der Waals surface area contributed by atoms with Crippen LogP contribution >= 0.6 is 0 Å². The lowest BCUT2D eigenvalue weighted by Crippen LogP contribution is -2.35. The fourth-order valence-corrected chi connectivity index (χ4v) is 1.16. The van der Waals surface area contributed by atoms with E-state index in [0.29, 0.717) is 19.6 Å². The largest absolute Gasteiger partial charge is 0.481 e. The van der Waals surface area contributed by atoms with Gasteiger partial charge in [-0.25, -0.2) is 0 Å². The molecular formula is C10H19NO5. The smallest absolute Gasteiger partial charge is 0.305 e. The highest BCUT2D eigenvalue weighted by Gasteiger charge is 2.12. The number of hydrogen-bond donors (Lipinski definition) is 2. The van der Waals surface area contributed by atoms with E-state index in [1.54, 1.807) is 6.92 Å². The number of carbonyl (C=O) groups excluding carboxylic acids is 1. The number of carboxylic acid groups (broad SMARTS) is 1. The quantitative estimate of drug-likeness (QED) is 0.534. The van der Waals surface area contributed by atoms with Gasteiger partial charge in [-0.1, -0.05) is 6.92 Å². The number of aliphatic hydroxyl groups excluding tert-OH is 1. The Labute approximate surface area is 94.8 Å². The first kappa shape index (κ1) is 14.9. The van der Waals surface area contributed by atoms with Crippen molar-refractivity contribution in [2.45, 2.75) is 19.8 Å². The van der Waals surface area contributed by atoms with E-state index in [1.165, 1.54) is 4.90 Å². The van der Waals surface area contributed by atoms with Gasteiger partial charge in [-0.05, 0) is 0 Å². The molecule has 0 aromatic heterocycles. The monoisotopic (exact) mass is 233 g/mol. The van der Waals surface area contributed by atoms with Crippen molar-refractivity contribution in [3.05, 3.63) is 0 Å². The Kier molecular flexibility index (Phi) is 8.46. The zero-order chi connectivity index (χ0) is 12.4. The van der Waals surface area contributed by atoms with E-state index in [4.69, 9.17) is 14.9 Å². The molecule has 0 aliphatic heterocycles. The summed E-state index contributed by atoms with van der Waals surface area (Å²) in [7, 11) is 0. The number of hydrogen-bond acceptors (Lipinski definition) is 4. The van der Waals surface area contributed by atoms with Gasteiger partial charge in [0.1, 0.15) is 0 Å². The third-order valence-electron chi connectivity index (χ3n) is 1.99. The Morgan fingerprint density at radius 1 is 1.25 bits per heavy atom. The average molecular weight is 233 g/mol. The zero-order valence-electron chi connectivity index (χ0n) is 9.52. The zero-order valence-corrected chi connectivity index (χ0v) is 9.52. The number of carboxylic acids is 1. The van der Waals surface area contributed by atoms with Gasteiger partial charge in [-0.2, -0.15) is 0 Å². The fraction of sp³-hybridized carbons (Fsp3) is 0.800. The standard InChI is InChI=1S/C10H19NO5/c1-2-9(13)11(4-3-10(14)15)5-7-16-8-6-12/h12H,2-8H2,1H3,(H,14,15). The van der Waals surface area contributed by atoms with Crippen molar-refractivity contribution in [3.63, 3.8) is 0 Å². The summed E-state index contributed by atoms with van der Waals surface area (Å²) in [6.07, 6.45) is 0.283. The van der Waals surface area contributed by atoms with E-state index >= 15 is 0 Å². The number of carbonyl (C=O) groups is 2. The first-order valence-corrected chi connectivity index (χ1v) is 5.30. The average Bonchev–Trinajstić information content (AvgIpc) is 2.27.